The number of hydrogen-bond donors (Lipinski definition) is 0. The fraction of sp³-hybridized carbons (Fsp3) is 0.118. The SMILES string of the molecule is Cc1ccc2c(c1)oc1c3ccccc3c(C)nc21. The van der Waals surface area contributed by atoms with E-state index in [1.54, 1.807) is 0 Å². The van der Waals surface area contributed by atoms with Crippen LogP contribution in [0.5, 0.6) is 0 Å². The summed E-state index contributed by atoms with van der Waals surface area (Å²) in [5.41, 5.74) is 5.02. The standard InChI is InChI=1S/C17H13NO/c1-10-7-8-14-15(9-10)19-17-13-6-4-3-5-12(13)11(2)18-16(14)17/h3-9H,1-2H3. The zero-order valence-corrected chi connectivity index (χ0v) is 10.9. The summed E-state index contributed by atoms with van der Waals surface area (Å²) in [5, 5.41) is 3.39. The van der Waals surface area contributed by atoms with Gasteiger partial charge in [0, 0.05) is 21.9 Å². The van der Waals surface area contributed by atoms with E-state index in [9.17, 15) is 0 Å². The maximum Gasteiger partial charge on any atom is 0.161 e. The van der Waals surface area contributed by atoms with E-state index in [1.165, 1.54) is 5.56 Å². The summed E-state index contributed by atoms with van der Waals surface area (Å²) in [7, 11) is 0. The number of benzene rings is 2. The maximum atomic E-state index is 6.04. The molecule has 0 bridgehead atoms. The van der Waals surface area contributed by atoms with Crippen LogP contribution >= 0.6 is 0 Å². The summed E-state index contributed by atoms with van der Waals surface area (Å²) < 4.78 is 6.04. The normalized spacial score (nSPS) is 11.7. The molecule has 0 fully saturated rings. The van der Waals surface area contributed by atoms with E-state index < -0.39 is 0 Å². The minimum atomic E-state index is 0.891. The van der Waals surface area contributed by atoms with Crippen molar-refractivity contribution in [3.05, 3.63) is 53.7 Å². The number of aryl methyl sites for hydroxylation is 2. The number of aromatic nitrogens is 1. The number of fused-ring (bicyclic) bond motifs is 5. The van der Waals surface area contributed by atoms with Gasteiger partial charge in [0.25, 0.3) is 0 Å². The molecule has 0 aliphatic carbocycles. The molecule has 2 nitrogen and oxygen atoms in total. The molecule has 4 rings (SSSR count). The van der Waals surface area contributed by atoms with E-state index in [4.69, 9.17) is 9.40 Å². The Kier molecular flexibility index (Phi) is 1.99. The molecule has 0 aliphatic rings. The topological polar surface area (TPSA) is 26.0 Å². The van der Waals surface area contributed by atoms with Crippen LogP contribution in [0.3, 0.4) is 0 Å². The van der Waals surface area contributed by atoms with Crippen LogP contribution in [0.15, 0.2) is 46.9 Å². The molecular weight excluding hydrogens is 234 g/mol. The van der Waals surface area contributed by atoms with E-state index in [0.29, 0.717) is 0 Å². The lowest BCUT2D eigenvalue weighted by atomic mass is 10.1. The van der Waals surface area contributed by atoms with Gasteiger partial charge < -0.3 is 4.42 Å². The van der Waals surface area contributed by atoms with Crippen LogP contribution in [0, 0.1) is 13.8 Å². The van der Waals surface area contributed by atoms with Gasteiger partial charge in [0.1, 0.15) is 11.1 Å². The van der Waals surface area contributed by atoms with Crippen molar-refractivity contribution in [3.8, 4) is 0 Å². The number of furan rings is 1. The molecule has 2 heteroatoms. The highest BCUT2D eigenvalue weighted by molar-refractivity contribution is 6.13. The molecule has 2 aromatic carbocycles. The fourth-order valence-electron chi connectivity index (χ4n) is 2.71. The zero-order chi connectivity index (χ0) is 13.0. The van der Waals surface area contributed by atoms with Gasteiger partial charge in [-0.2, -0.15) is 0 Å². The molecule has 0 N–H and O–H groups in total. The summed E-state index contributed by atoms with van der Waals surface area (Å²) in [6, 6.07) is 14.5. The average Bonchev–Trinajstić information content (AvgIpc) is 2.77. The predicted molar refractivity (Wildman–Crippen MR) is 78.5 cm³/mol. The lowest BCUT2D eigenvalue weighted by Crippen LogP contribution is -1.85. The Morgan fingerprint density at radius 1 is 0.895 bits per heavy atom. The second-order valence-electron chi connectivity index (χ2n) is 5.02. The highest BCUT2D eigenvalue weighted by Gasteiger charge is 2.13. The Morgan fingerprint density at radius 2 is 1.68 bits per heavy atom. The van der Waals surface area contributed by atoms with Crippen molar-refractivity contribution in [1.82, 2.24) is 4.98 Å². The van der Waals surface area contributed by atoms with Crippen LogP contribution < -0.4 is 0 Å². The Bertz CT molecular complexity index is 934. The Hall–Kier alpha value is -2.35. The van der Waals surface area contributed by atoms with E-state index >= 15 is 0 Å². The minimum Gasteiger partial charge on any atom is -0.454 e. The lowest BCUT2D eigenvalue weighted by molar-refractivity contribution is 0.671. The van der Waals surface area contributed by atoms with Gasteiger partial charge in [0.2, 0.25) is 0 Å². The Balaban J connectivity index is 2.31. The molecule has 0 aliphatic heterocycles. The number of nitrogens with zero attached hydrogens (tertiary/aromatic N) is 1. The monoisotopic (exact) mass is 247 g/mol. The van der Waals surface area contributed by atoms with Crippen molar-refractivity contribution in [2.45, 2.75) is 13.8 Å². The van der Waals surface area contributed by atoms with Crippen molar-refractivity contribution in [1.29, 1.82) is 0 Å². The predicted octanol–water partition coefficient (Wildman–Crippen LogP) is 4.75. The summed E-state index contributed by atoms with van der Waals surface area (Å²) >= 11 is 0. The number of pyridine rings is 1. The molecule has 0 atom stereocenters. The first kappa shape index (κ1) is 10.6. The molecule has 0 unspecified atom stereocenters. The molecule has 4 aromatic rings. The fourth-order valence-corrected chi connectivity index (χ4v) is 2.71. The minimum absolute atomic E-state index is 0.891. The van der Waals surface area contributed by atoms with Gasteiger partial charge in [-0.05, 0) is 31.5 Å². The first-order valence-corrected chi connectivity index (χ1v) is 6.42. The van der Waals surface area contributed by atoms with Gasteiger partial charge in [0.05, 0.1) is 0 Å². The highest BCUT2D eigenvalue weighted by Crippen LogP contribution is 2.33. The maximum absolute atomic E-state index is 6.04. The van der Waals surface area contributed by atoms with Crippen LogP contribution in [-0.4, -0.2) is 4.98 Å². The van der Waals surface area contributed by atoms with Crippen LogP contribution in [-0.2, 0) is 0 Å². The molecular formula is C17H13NO. The van der Waals surface area contributed by atoms with Gasteiger partial charge in [0.15, 0.2) is 5.58 Å². The first-order valence-electron chi connectivity index (χ1n) is 6.42. The number of rotatable bonds is 0. The van der Waals surface area contributed by atoms with E-state index in [0.717, 1.165) is 38.5 Å². The van der Waals surface area contributed by atoms with Crippen LogP contribution in [0.1, 0.15) is 11.3 Å². The third kappa shape index (κ3) is 1.40. The molecule has 92 valence electrons. The van der Waals surface area contributed by atoms with Crippen molar-refractivity contribution < 1.29 is 4.42 Å². The van der Waals surface area contributed by atoms with Gasteiger partial charge in [-0.25, -0.2) is 4.98 Å². The molecule has 0 amide bonds. The summed E-state index contributed by atoms with van der Waals surface area (Å²) in [4.78, 5) is 4.73. The Morgan fingerprint density at radius 3 is 2.53 bits per heavy atom. The second kappa shape index (κ2) is 3.58. The molecule has 0 spiro atoms. The van der Waals surface area contributed by atoms with Gasteiger partial charge in [-0.3, -0.25) is 0 Å². The van der Waals surface area contributed by atoms with E-state index in [1.807, 2.05) is 12.1 Å². The van der Waals surface area contributed by atoms with Gasteiger partial charge in [-0.1, -0.05) is 30.3 Å². The third-order valence-corrected chi connectivity index (χ3v) is 3.66. The molecule has 19 heavy (non-hydrogen) atoms. The van der Waals surface area contributed by atoms with Crippen molar-refractivity contribution in [2.24, 2.45) is 0 Å². The van der Waals surface area contributed by atoms with E-state index in [2.05, 4.69) is 44.2 Å². The van der Waals surface area contributed by atoms with Crippen molar-refractivity contribution >= 4 is 32.8 Å². The molecule has 0 saturated heterocycles. The Labute approximate surface area is 110 Å². The van der Waals surface area contributed by atoms with Gasteiger partial charge in [-0.15, -0.1) is 0 Å². The smallest absolute Gasteiger partial charge is 0.161 e. The van der Waals surface area contributed by atoms with Crippen LogP contribution in [0.25, 0.3) is 32.8 Å². The second-order valence-corrected chi connectivity index (χ2v) is 5.02. The summed E-state index contributed by atoms with van der Waals surface area (Å²) in [6.45, 7) is 4.12. The highest BCUT2D eigenvalue weighted by atomic mass is 16.3. The molecule has 2 heterocycles. The van der Waals surface area contributed by atoms with Crippen LogP contribution in [0.2, 0.25) is 0 Å². The first-order chi connectivity index (χ1) is 9.24. The molecule has 2 aromatic heterocycles. The lowest BCUT2D eigenvalue weighted by Gasteiger charge is -2.01. The zero-order valence-electron chi connectivity index (χ0n) is 10.9. The quantitative estimate of drug-likeness (QED) is 0.448. The van der Waals surface area contributed by atoms with Crippen molar-refractivity contribution in [2.75, 3.05) is 0 Å². The summed E-state index contributed by atoms with van der Waals surface area (Å²) in [5.74, 6) is 0. The third-order valence-electron chi connectivity index (χ3n) is 3.66. The molecule has 0 radical (unpaired) electrons. The summed E-state index contributed by atoms with van der Waals surface area (Å²) in [6.07, 6.45) is 0. The largest absolute Gasteiger partial charge is 0.454 e. The number of hydrogen-bond acceptors (Lipinski definition) is 2. The molecule has 0 saturated carbocycles. The van der Waals surface area contributed by atoms with E-state index in [-0.39, 0.29) is 0 Å². The van der Waals surface area contributed by atoms with Crippen LogP contribution in [0.4, 0.5) is 0 Å². The average molecular weight is 247 g/mol. The van der Waals surface area contributed by atoms with Crippen molar-refractivity contribution in [3.63, 3.8) is 0 Å². The van der Waals surface area contributed by atoms with Gasteiger partial charge >= 0.3 is 0 Å².